The number of aryl methyl sites for hydroxylation is 3. The minimum atomic E-state index is 0.836. The van der Waals surface area contributed by atoms with Gasteiger partial charge in [-0.05, 0) is 79.1 Å². The molecule has 0 N–H and O–H groups in total. The zero-order chi connectivity index (χ0) is 29.1. The summed E-state index contributed by atoms with van der Waals surface area (Å²) >= 11 is 0. The number of benzene rings is 6. The molecular formula is C39H30N4. The molecule has 0 radical (unpaired) electrons. The van der Waals surface area contributed by atoms with Crippen molar-refractivity contribution in [3.8, 4) is 11.4 Å². The number of hydrogen-bond acceptors (Lipinski definition) is 3. The van der Waals surface area contributed by atoms with Gasteiger partial charge in [0.15, 0.2) is 11.5 Å². The van der Waals surface area contributed by atoms with Crippen LogP contribution in [0, 0.1) is 20.8 Å². The smallest absolute Gasteiger partial charge is 0.169 e. The molecule has 0 saturated carbocycles. The summed E-state index contributed by atoms with van der Waals surface area (Å²) in [5.74, 6) is 0.836. The van der Waals surface area contributed by atoms with Gasteiger partial charge in [0.25, 0.3) is 0 Å². The molecule has 0 aliphatic heterocycles. The summed E-state index contributed by atoms with van der Waals surface area (Å²) in [6.45, 7) is 6.58. The highest BCUT2D eigenvalue weighted by Gasteiger charge is 2.21. The van der Waals surface area contributed by atoms with E-state index < -0.39 is 0 Å². The number of aromatic nitrogens is 3. The third-order valence-corrected chi connectivity index (χ3v) is 8.52. The average Bonchev–Trinajstić information content (AvgIpc) is 3.49. The van der Waals surface area contributed by atoms with Gasteiger partial charge >= 0.3 is 0 Å². The Bertz CT molecular complexity index is 2300. The molecule has 206 valence electrons. The van der Waals surface area contributed by atoms with Gasteiger partial charge in [-0.1, -0.05) is 96.6 Å². The number of rotatable bonds is 4. The lowest BCUT2D eigenvalue weighted by atomic mass is 10.0. The SMILES string of the molecule is Cc1cc(C)c(N(c2ccc(-c3nnc4c5ccccc5c5ccccc5n34)cc2)c2cccc3ccccc23)c(C)c1. The van der Waals surface area contributed by atoms with Crippen LogP contribution < -0.4 is 4.90 Å². The number of nitrogens with zero attached hydrogens (tertiary/aromatic N) is 4. The molecule has 0 spiro atoms. The van der Waals surface area contributed by atoms with Crippen molar-refractivity contribution in [2.24, 2.45) is 0 Å². The highest BCUT2D eigenvalue weighted by Crippen LogP contribution is 2.43. The maximum absolute atomic E-state index is 4.73. The van der Waals surface area contributed by atoms with E-state index in [1.54, 1.807) is 0 Å². The fourth-order valence-corrected chi connectivity index (χ4v) is 6.76. The lowest BCUT2D eigenvalue weighted by molar-refractivity contribution is 1.12. The molecule has 2 heterocycles. The molecule has 0 amide bonds. The van der Waals surface area contributed by atoms with Crippen molar-refractivity contribution in [3.05, 3.63) is 144 Å². The molecule has 0 bridgehead atoms. The van der Waals surface area contributed by atoms with Crippen LogP contribution in [0.15, 0.2) is 127 Å². The second-order valence-electron chi connectivity index (χ2n) is 11.4. The first-order chi connectivity index (χ1) is 21.1. The Kier molecular flexibility index (Phi) is 5.76. The molecule has 0 aliphatic carbocycles. The Morgan fingerprint density at radius 1 is 0.558 bits per heavy atom. The van der Waals surface area contributed by atoms with Gasteiger partial charge in [-0.15, -0.1) is 10.2 Å². The minimum absolute atomic E-state index is 0.836. The second-order valence-corrected chi connectivity index (χ2v) is 11.4. The van der Waals surface area contributed by atoms with Crippen LogP contribution in [0.3, 0.4) is 0 Å². The van der Waals surface area contributed by atoms with Crippen LogP contribution in [-0.4, -0.2) is 14.6 Å². The molecule has 0 atom stereocenters. The molecule has 0 saturated heterocycles. The van der Waals surface area contributed by atoms with Gasteiger partial charge in [0.1, 0.15) is 0 Å². The first kappa shape index (κ1) is 25.2. The van der Waals surface area contributed by atoms with E-state index in [1.807, 2.05) is 0 Å². The maximum Gasteiger partial charge on any atom is 0.169 e. The normalized spacial score (nSPS) is 11.6. The van der Waals surface area contributed by atoms with Gasteiger partial charge < -0.3 is 4.90 Å². The molecule has 4 heteroatoms. The zero-order valence-electron chi connectivity index (χ0n) is 24.4. The van der Waals surface area contributed by atoms with E-state index in [1.165, 1.54) is 43.9 Å². The molecule has 0 unspecified atom stereocenters. The van der Waals surface area contributed by atoms with Crippen molar-refractivity contribution in [2.75, 3.05) is 4.90 Å². The highest BCUT2D eigenvalue weighted by molar-refractivity contribution is 6.12. The van der Waals surface area contributed by atoms with Gasteiger partial charge in [0.05, 0.1) is 16.9 Å². The van der Waals surface area contributed by atoms with Crippen molar-refractivity contribution in [1.29, 1.82) is 0 Å². The van der Waals surface area contributed by atoms with Gasteiger partial charge in [-0.3, -0.25) is 4.40 Å². The van der Waals surface area contributed by atoms with E-state index >= 15 is 0 Å². The first-order valence-electron chi connectivity index (χ1n) is 14.7. The van der Waals surface area contributed by atoms with Crippen molar-refractivity contribution < 1.29 is 0 Å². The average molecular weight is 555 g/mol. The van der Waals surface area contributed by atoms with Gasteiger partial charge in [0, 0.05) is 27.4 Å². The summed E-state index contributed by atoms with van der Waals surface area (Å²) in [6.07, 6.45) is 0. The lowest BCUT2D eigenvalue weighted by Crippen LogP contribution is -2.13. The molecule has 0 fully saturated rings. The maximum atomic E-state index is 4.73. The van der Waals surface area contributed by atoms with Crippen molar-refractivity contribution in [3.63, 3.8) is 0 Å². The van der Waals surface area contributed by atoms with Crippen molar-refractivity contribution >= 4 is 55.2 Å². The summed E-state index contributed by atoms with van der Waals surface area (Å²) in [4.78, 5) is 2.40. The van der Waals surface area contributed by atoms with Crippen LogP contribution >= 0.6 is 0 Å². The van der Waals surface area contributed by atoms with E-state index in [0.717, 1.165) is 39.3 Å². The Morgan fingerprint density at radius 3 is 1.95 bits per heavy atom. The predicted octanol–water partition coefficient (Wildman–Crippen LogP) is 10.3. The van der Waals surface area contributed by atoms with Crippen LogP contribution in [0.2, 0.25) is 0 Å². The van der Waals surface area contributed by atoms with E-state index in [0.29, 0.717) is 0 Å². The molecule has 0 aliphatic rings. The summed E-state index contributed by atoms with van der Waals surface area (Å²) in [5.41, 5.74) is 10.2. The summed E-state index contributed by atoms with van der Waals surface area (Å²) < 4.78 is 2.20. The standard InChI is InChI=1S/C39H30N4/c1-25-23-26(2)37(27(3)24-25)42(35-18-10-12-28-11-4-5-13-31(28)35)30-21-19-29(20-22-30)38-40-41-39-34-16-7-6-14-32(34)33-15-8-9-17-36(33)43(38)39/h4-24H,1-3H3. The minimum Gasteiger partial charge on any atom is -0.309 e. The fourth-order valence-electron chi connectivity index (χ4n) is 6.76. The number of anilines is 3. The van der Waals surface area contributed by atoms with Crippen LogP contribution in [0.4, 0.5) is 17.1 Å². The lowest BCUT2D eigenvalue weighted by Gasteiger charge is -2.30. The highest BCUT2D eigenvalue weighted by atomic mass is 15.2. The topological polar surface area (TPSA) is 33.4 Å². The quantitative estimate of drug-likeness (QED) is 0.203. The zero-order valence-corrected chi connectivity index (χ0v) is 24.4. The summed E-state index contributed by atoms with van der Waals surface area (Å²) in [5, 5.41) is 15.3. The molecule has 8 aromatic rings. The Morgan fingerprint density at radius 2 is 1.19 bits per heavy atom. The molecule has 2 aromatic heterocycles. The third-order valence-electron chi connectivity index (χ3n) is 8.52. The number of hydrogen-bond donors (Lipinski definition) is 0. The Balaban J connectivity index is 1.33. The van der Waals surface area contributed by atoms with Crippen LogP contribution in [-0.2, 0) is 0 Å². The van der Waals surface area contributed by atoms with E-state index in [2.05, 4.69) is 157 Å². The second kappa shape index (κ2) is 9.81. The number of para-hydroxylation sites is 1. The van der Waals surface area contributed by atoms with Crippen LogP contribution in [0.25, 0.3) is 49.5 Å². The molecule has 4 nitrogen and oxygen atoms in total. The predicted molar refractivity (Wildman–Crippen MR) is 180 cm³/mol. The molecular weight excluding hydrogens is 524 g/mol. The van der Waals surface area contributed by atoms with E-state index in [4.69, 9.17) is 10.2 Å². The van der Waals surface area contributed by atoms with Gasteiger partial charge in [-0.25, -0.2) is 0 Å². The number of fused-ring (bicyclic) bond motifs is 7. The van der Waals surface area contributed by atoms with Crippen LogP contribution in [0.5, 0.6) is 0 Å². The van der Waals surface area contributed by atoms with Crippen LogP contribution in [0.1, 0.15) is 16.7 Å². The van der Waals surface area contributed by atoms with Crippen molar-refractivity contribution in [1.82, 2.24) is 14.6 Å². The van der Waals surface area contributed by atoms with E-state index in [-0.39, 0.29) is 0 Å². The molecule has 6 aromatic carbocycles. The Labute approximate surface area is 250 Å². The summed E-state index contributed by atoms with van der Waals surface area (Å²) in [6, 6.07) is 45.4. The fraction of sp³-hybridized carbons (Fsp3) is 0.0769. The van der Waals surface area contributed by atoms with E-state index in [9.17, 15) is 0 Å². The monoisotopic (exact) mass is 554 g/mol. The first-order valence-corrected chi connectivity index (χ1v) is 14.7. The third kappa shape index (κ3) is 3.98. The molecule has 8 rings (SSSR count). The Hall–Kier alpha value is -5.48. The number of pyridine rings is 1. The molecule has 43 heavy (non-hydrogen) atoms. The van der Waals surface area contributed by atoms with Crippen molar-refractivity contribution in [2.45, 2.75) is 20.8 Å². The largest absolute Gasteiger partial charge is 0.309 e. The summed E-state index contributed by atoms with van der Waals surface area (Å²) in [7, 11) is 0. The van der Waals surface area contributed by atoms with Gasteiger partial charge in [-0.2, -0.15) is 0 Å². The van der Waals surface area contributed by atoms with Gasteiger partial charge in [0.2, 0.25) is 0 Å².